The maximum absolute atomic E-state index is 4.49. The Morgan fingerprint density at radius 3 is 1.18 bits per heavy atom. The predicted octanol–water partition coefficient (Wildman–Crippen LogP) is 11.4. The zero-order chi connectivity index (χ0) is 41.0. The van der Waals surface area contributed by atoms with Gasteiger partial charge in [-0.25, -0.2) is 0 Å². The quantitative estimate of drug-likeness (QED) is 0.157. The van der Waals surface area contributed by atoms with Crippen molar-refractivity contribution in [2.75, 3.05) is 13.1 Å². The van der Waals surface area contributed by atoms with E-state index in [4.69, 9.17) is 0 Å². The van der Waals surface area contributed by atoms with Gasteiger partial charge >= 0.3 is 0 Å². The fourth-order valence-corrected chi connectivity index (χ4v) is 14.2. The summed E-state index contributed by atoms with van der Waals surface area (Å²) in [6.45, 7) is 12.9. The Balaban J connectivity index is 0.916. The van der Waals surface area contributed by atoms with Crippen LogP contribution in [0.4, 0.5) is 0 Å². The first-order valence-corrected chi connectivity index (χ1v) is 23.3. The molecule has 6 saturated heterocycles. The summed E-state index contributed by atoms with van der Waals surface area (Å²) in [7, 11) is 0. The molecule has 0 bridgehead atoms. The van der Waals surface area contributed by atoms with Gasteiger partial charge in [-0.15, -0.1) is 0 Å². The van der Waals surface area contributed by atoms with Crippen molar-refractivity contribution in [3.8, 4) is 44.5 Å². The molecule has 6 heterocycles. The number of hydrogen-bond acceptors (Lipinski definition) is 4. The van der Waals surface area contributed by atoms with Crippen molar-refractivity contribution in [1.29, 1.82) is 0 Å². The largest absolute Gasteiger partial charge is 0.316 e. The Hall–Kier alpha value is -4.84. The van der Waals surface area contributed by atoms with Gasteiger partial charge in [0.05, 0.1) is 0 Å². The number of fused-ring (bicyclic) bond motifs is 1. The maximum atomic E-state index is 4.49. The molecular formula is C57H60N4. The van der Waals surface area contributed by atoms with Gasteiger partial charge in [-0.05, 0) is 140 Å². The zero-order valence-electron chi connectivity index (χ0n) is 36.1. The van der Waals surface area contributed by atoms with Crippen LogP contribution in [0.3, 0.4) is 0 Å². The summed E-state index contributed by atoms with van der Waals surface area (Å²) in [6.07, 6.45) is 2.35. The summed E-state index contributed by atoms with van der Waals surface area (Å²) >= 11 is 0. The van der Waals surface area contributed by atoms with Crippen LogP contribution in [0.1, 0.15) is 63.7 Å². The molecule has 0 aromatic heterocycles. The first kappa shape index (κ1) is 37.9. The molecule has 308 valence electrons. The van der Waals surface area contributed by atoms with Gasteiger partial charge < -0.3 is 16.0 Å². The lowest BCUT2D eigenvalue weighted by Gasteiger charge is -2.69. The SMILES string of the molecule is CC1(C)C2CC(c3cccc(-c4cccc(-c5ccccc5)c4)c3)NC3C4NC(c5cccc(-c6cccc(-c7ccccc7)c6)c5)CC5C4N(C32)C2C1CNCC2C5(C)C. The van der Waals surface area contributed by atoms with Crippen molar-refractivity contribution >= 4 is 0 Å². The Labute approximate surface area is 363 Å². The highest BCUT2D eigenvalue weighted by Crippen LogP contribution is 2.65. The molecule has 6 aromatic rings. The van der Waals surface area contributed by atoms with Gasteiger partial charge in [0.15, 0.2) is 0 Å². The Morgan fingerprint density at radius 1 is 0.393 bits per heavy atom. The first-order chi connectivity index (χ1) is 29.7. The average Bonchev–Trinajstić information content (AvgIpc) is 3.65. The highest BCUT2D eigenvalue weighted by molar-refractivity contribution is 5.74. The molecule has 0 radical (unpaired) electrons. The molecule has 12 rings (SSSR count). The number of rotatable bonds is 6. The summed E-state index contributed by atoms with van der Waals surface area (Å²) in [4.78, 5) is 3.18. The molecule has 6 aliphatic rings. The minimum atomic E-state index is 0.218. The van der Waals surface area contributed by atoms with Crippen molar-refractivity contribution in [2.24, 2.45) is 34.5 Å². The van der Waals surface area contributed by atoms with Crippen molar-refractivity contribution < 1.29 is 0 Å². The van der Waals surface area contributed by atoms with Crippen LogP contribution in [0, 0.1) is 34.5 Å². The Kier molecular flexibility index (Phi) is 8.92. The molecule has 6 fully saturated rings. The summed E-state index contributed by atoms with van der Waals surface area (Å²) in [5.74, 6) is 2.48. The molecule has 3 N–H and O–H groups in total. The van der Waals surface area contributed by atoms with E-state index in [-0.39, 0.29) is 10.8 Å². The smallest absolute Gasteiger partial charge is 0.0401 e. The van der Waals surface area contributed by atoms with Crippen molar-refractivity contribution in [1.82, 2.24) is 20.9 Å². The van der Waals surface area contributed by atoms with Crippen LogP contribution in [0.25, 0.3) is 44.5 Å². The summed E-state index contributed by atoms with van der Waals surface area (Å²) in [5.41, 5.74) is 13.5. The molecule has 4 heteroatoms. The topological polar surface area (TPSA) is 39.3 Å². The Bertz CT molecular complexity index is 2400. The van der Waals surface area contributed by atoms with Gasteiger partial charge in [0, 0.05) is 42.3 Å². The van der Waals surface area contributed by atoms with E-state index in [1.54, 1.807) is 0 Å². The third-order valence-corrected chi connectivity index (χ3v) is 17.3. The van der Waals surface area contributed by atoms with Gasteiger partial charge in [0.25, 0.3) is 0 Å². The van der Waals surface area contributed by atoms with Crippen LogP contribution >= 0.6 is 0 Å². The predicted molar refractivity (Wildman–Crippen MR) is 251 cm³/mol. The summed E-state index contributed by atoms with van der Waals surface area (Å²) in [6, 6.07) is 61.9. The van der Waals surface area contributed by atoms with E-state index in [9.17, 15) is 0 Å². The van der Waals surface area contributed by atoms with Gasteiger partial charge in [0.1, 0.15) is 0 Å². The van der Waals surface area contributed by atoms with Crippen LogP contribution in [-0.4, -0.2) is 48.2 Å². The molecule has 10 atom stereocenters. The van der Waals surface area contributed by atoms with Gasteiger partial charge in [0.2, 0.25) is 0 Å². The molecule has 10 unspecified atom stereocenters. The number of hydrogen-bond donors (Lipinski definition) is 3. The van der Waals surface area contributed by atoms with Crippen molar-refractivity contribution in [3.63, 3.8) is 0 Å². The second kappa shape index (κ2) is 14.4. The highest BCUT2D eigenvalue weighted by Gasteiger charge is 2.72. The monoisotopic (exact) mass is 800 g/mol. The van der Waals surface area contributed by atoms with E-state index < -0.39 is 0 Å². The second-order valence-electron chi connectivity index (χ2n) is 20.8. The minimum absolute atomic E-state index is 0.218. The van der Waals surface area contributed by atoms with E-state index >= 15 is 0 Å². The third-order valence-electron chi connectivity index (χ3n) is 17.3. The first-order valence-electron chi connectivity index (χ1n) is 23.3. The fraction of sp³-hybridized carbons (Fsp3) is 0.368. The molecule has 0 aliphatic carbocycles. The minimum Gasteiger partial charge on any atom is -0.316 e. The van der Waals surface area contributed by atoms with Gasteiger partial charge in [-0.1, -0.05) is 161 Å². The number of nitrogens with one attached hydrogen (secondary N) is 3. The van der Waals surface area contributed by atoms with Crippen LogP contribution in [0.5, 0.6) is 0 Å². The molecule has 0 amide bonds. The van der Waals surface area contributed by atoms with E-state index in [1.165, 1.54) is 68.5 Å². The van der Waals surface area contributed by atoms with E-state index in [2.05, 4.69) is 206 Å². The van der Waals surface area contributed by atoms with E-state index in [1.807, 2.05) is 0 Å². The number of benzene rings is 6. The lowest BCUT2D eigenvalue weighted by atomic mass is 9.49. The fourth-order valence-electron chi connectivity index (χ4n) is 14.2. The summed E-state index contributed by atoms with van der Waals surface area (Å²) in [5, 5.41) is 13.0. The zero-order valence-corrected chi connectivity index (χ0v) is 36.1. The molecule has 4 nitrogen and oxygen atoms in total. The van der Waals surface area contributed by atoms with Crippen LogP contribution in [0.15, 0.2) is 158 Å². The van der Waals surface area contributed by atoms with Crippen molar-refractivity contribution in [2.45, 2.75) is 82.8 Å². The number of piperidine rings is 5. The maximum Gasteiger partial charge on any atom is 0.0401 e. The molecular weight excluding hydrogens is 741 g/mol. The van der Waals surface area contributed by atoms with Gasteiger partial charge in [-0.3, -0.25) is 4.90 Å². The molecule has 6 aliphatic heterocycles. The van der Waals surface area contributed by atoms with Crippen LogP contribution < -0.4 is 16.0 Å². The summed E-state index contributed by atoms with van der Waals surface area (Å²) < 4.78 is 0. The second-order valence-corrected chi connectivity index (χ2v) is 20.8. The van der Waals surface area contributed by atoms with Crippen LogP contribution in [-0.2, 0) is 0 Å². The molecule has 0 spiro atoms. The van der Waals surface area contributed by atoms with Crippen molar-refractivity contribution in [3.05, 3.63) is 169 Å². The van der Waals surface area contributed by atoms with E-state index in [0.717, 1.165) is 13.1 Å². The highest BCUT2D eigenvalue weighted by atomic mass is 15.4. The Morgan fingerprint density at radius 2 is 0.754 bits per heavy atom. The molecule has 6 aromatic carbocycles. The number of nitrogens with zero attached hydrogens (tertiary/aromatic N) is 1. The standard InChI is InChI=1S/C57H60N4/c1-56(2)45-31-49(43-25-13-23-41(29-43)39-21-11-19-37(27-39)35-15-7-5-8-16-35)59-51-52-55-46(57(3,4)48-34-58-33-47(56)53(48)61(55)54(45)51)32-50(60-52)44-26-14-24-42(30-44)40-22-12-20-38(28-40)36-17-9-6-10-18-36/h5-30,45-55,58-60H,31-34H2,1-4H3. The normalized spacial score (nSPS) is 32.8. The lowest BCUT2D eigenvalue weighted by Crippen LogP contribution is -2.77. The average molecular weight is 801 g/mol. The lowest BCUT2D eigenvalue weighted by molar-refractivity contribution is -0.200. The van der Waals surface area contributed by atoms with Crippen LogP contribution in [0.2, 0.25) is 0 Å². The van der Waals surface area contributed by atoms with Gasteiger partial charge in [-0.2, -0.15) is 0 Å². The molecule has 0 saturated carbocycles. The van der Waals surface area contributed by atoms with E-state index in [0.29, 0.717) is 66.0 Å². The third kappa shape index (κ3) is 6.00. The molecule has 61 heavy (non-hydrogen) atoms.